The van der Waals surface area contributed by atoms with Gasteiger partial charge in [0.15, 0.2) is 0 Å². The molecule has 0 atom stereocenters. The maximum Gasteiger partial charge on any atom is 0.0911 e. The van der Waals surface area contributed by atoms with E-state index < -0.39 is 0 Å². The molecule has 1 fully saturated rings. The second-order valence-electron chi connectivity index (χ2n) is 5.34. The molecule has 1 aromatic carbocycles. The Morgan fingerprint density at radius 3 is 2.61 bits per heavy atom. The van der Waals surface area contributed by atoms with Crippen LogP contribution in [0.2, 0.25) is 0 Å². The molecule has 0 aliphatic heterocycles. The second-order valence-corrected chi connectivity index (χ2v) is 5.34. The van der Waals surface area contributed by atoms with Crippen LogP contribution in [0, 0.1) is 10.8 Å². The van der Waals surface area contributed by atoms with E-state index in [1.165, 1.54) is 5.56 Å². The summed E-state index contributed by atoms with van der Waals surface area (Å²) in [6.45, 7) is 1.57. The van der Waals surface area contributed by atoms with Crippen molar-refractivity contribution < 1.29 is 4.74 Å². The fraction of sp³-hybridized carbons (Fsp3) is 0.533. The number of aryl methyl sites for hydroxylation is 1. The molecule has 2 rings (SSSR count). The smallest absolute Gasteiger partial charge is 0.0911 e. The molecule has 0 heterocycles. The first-order valence-electron chi connectivity index (χ1n) is 6.65. The molecule has 3 heteroatoms. The van der Waals surface area contributed by atoms with Gasteiger partial charge in [0.2, 0.25) is 0 Å². The first kappa shape index (κ1) is 13.1. The van der Waals surface area contributed by atoms with Crippen molar-refractivity contribution in [3.05, 3.63) is 35.9 Å². The molecule has 0 unspecified atom stereocenters. The highest BCUT2D eigenvalue weighted by molar-refractivity contribution is 5.78. The van der Waals surface area contributed by atoms with Gasteiger partial charge >= 0.3 is 0 Å². The lowest BCUT2D eigenvalue weighted by molar-refractivity contribution is 0.0907. The largest absolute Gasteiger partial charge is 0.388 e. The van der Waals surface area contributed by atoms with Crippen molar-refractivity contribution in [1.29, 1.82) is 5.41 Å². The number of rotatable bonds is 8. The Kier molecular flexibility index (Phi) is 4.37. The van der Waals surface area contributed by atoms with Gasteiger partial charge in [-0.05, 0) is 31.2 Å². The van der Waals surface area contributed by atoms with Gasteiger partial charge in [0.25, 0.3) is 0 Å². The fourth-order valence-electron chi connectivity index (χ4n) is 2.26. The summed E-state index contributed by atoms with van der Waals surface area (Å²) in [5.41, 5.74) is 7.03. The van der Waals surface area contributed by atoms with Crippen molar-refractivity contribution in [2.24, 2.45) is 11.1 Å². The zero-order valence-corrected chi connectivity index (χ0v) is 10.8. The third kappa shape index (κ3) is 4.15. The summed E-state index contributed by atoms with van der Waals surface area (Å²) in [6.07, 6.45) is 5.14. The average molecular weight is 246 g/mol. The van der Waals surface area contributed by atoms with Gasteiger partial charge in [-0.25, -0.2) is 0 Å². The zero-order valence-electron chi connectivity index (χ0n) is 10.8. The molecule has 0 amide bonds. The van der Waals surface area contributed by atoms with Gasteiger partial charge in [-0.2, -0.15) is 0 Å². The summed E-state index contributed by atoms with van der Waals surface area (Å²) in [6, 6.07) is 10.5. The molecule has 0 aromatic heterocycles. The first-order valence-corrected chi connectivity index (χ1v) is 6.65. The van der Waals surface area contributed by atoms with Gasteiger partial charge in [-0.3, -0.25) is 5.41 Å². The normalized spacial score (nSPS) is 16.4. The summed E-state index contributed by atoms with van der Waals surface area (Å²) in [5.74, 6) is 0.292. The summed E-state index contributed by atoms with van der Waals surface area (Å²) in [7, 11) is 0. The molecular weight excluding hydrogens is 224 g/mol. The molecular formula is C15H22N2O. The van der Waals surface area contributed by atoms with Crippen LogP contribution in [0.1, 0.15) is 31.2 Å². The van der Waals surface area contributed by atoms with Crippen molar-refractivity contribution in [3.8, 4) is 0 Å². The Hall–Kier alpha value is -1.35. The molecule has 3 nitrogen and oxygen atoms in total. The third-order valence-electron chi connectivity index (χ3n) is 3.53. The molecule has 1 aliphatic rings. The van der Waals surface area contributed by atoms with Crippen LogP contribution in [0.25, 0.3) is 0 Å². The Morgan fingerprint density at radius 2 is 2.00 bits per heavy atom. The number of nitrogens with one attached hydrogen (secondary N) is 1. The predicted octanol–water partition coefficient (Wildman–Crippen LogP) is 2.74. The molecule has 1 aromatic rings. The van der Waals surface area contributed by atoms with E-state index in [9.17, 15) is 0 Å². The van der Waals surface area contributed by atoms with Crippen molar-refractivity contribution in [1.82, 2.24) is 0 Å². The van der Waals surface area contributed by atoms with E-state index in [1.54, 1.807) is 0 Å². The minimum Gasteiger partial charge on any atom is -0.388 e. The lowest BCUT2D eigenvalue weighted by atomic mass is 10.0. The Labute approximate surface area is 109 Å². The minimum absolute atomic E-state index is 0.207. The van der Waals surface area contributed by atoms with E-state index in [0.717, 1.165) is 38.9 Å². The van der Waals surface area contributed by atoms with Gasteiger partial charge in [0.05, 0.1) is 12.4 Å². The van der Waals surface area contributed by atoms with E-state index in [1.807, 2.05) is 6.07 Å². The Balaban J connectivity index is 1.58. The molecule has 0 radical (unpaired) electrons. The van der Waals surface area contributed by atoms with E-state index >= 15 is 0 Å². The second kappa shape index (κ2) is 6.01. The summed E-state index contributed by atoms with van der Waals surface area (Å²) < 4.78 is 5.73. The van der Waals surface area contributed by atoms with Crippen molar-refractivity contribution in [2.45, 2.75) is 32.1 Å². The zero-order chi connectivity index (χ0) is 12.8. The van der Waals surface area contributed by atoms with Crippen LogP contribution in [0.5, 0.6) is 0 Å². The van der Waals surface area contributed by atoms with Crippen LogP contribution in [-0.2, 0) is 11.2 Å². The number of hydrogen-bond acceptors (Lipinski definition) is 2. The summed E-state index contributed by atoms with van der Waals surface area (Å²) in [4.78, 5) is 0. The van der Waals surface area contributed by atoms with Crippen LogP contribution in [0.4, 0.5) is 0 Å². The van der Waals surface area contributed by atoms with E-state index in [0.29, 0.717) is 12.3 Å². The number of amidine groups is 1. The topological polar surface area (TPSA) is 59.1 Å². The van der Waals surface area contributed by atoms with Crippen molar-refractivity contribution in [2.75, 3.05) is 13.2 Å². The summed E-state index contributed by atoms with van der Waals surface area (Å²) >= 11 is 0. The number of ether oxygens (including phenoxy) is 1. The molecule has 3 N–H and O–H groups in total. The third-order valence-corrected chi connectivity index (χ3v) is 3.53. The van der Waals surface area contributed by atoms with E-state index in [2.05, 4.69) is 24.3 Å². The van der Waals surface area contributed by atoms with E-state index in [4.69, 9.17) is 15.9 Å². The highest BCUT2D eigenvalue weighted by Gasteiger charge is 2.43. The van der Waals surface area contributed by atoms with Gasteiger partial charge < -0.3 is 10.5 Å². The highest BCUT2D eigenvalue weighted by atomic mass is 16.5. The molecule has 0 bridgehead atoms. The van der Waals surface area contributed by atoms with Crippen LogP contribution < -0.4 is 5.73 Å². The molecule has 1 saturated carbocycles. The van der Waals surface area contributed by atoms with Crippen LogP contribution in [0.15, 0.2) is 30.3 Å². The minimum atomic E-state index is 0.207. The van der Waals surface area contributed by atoms with Gasteiger partial charge in [-0.1, -0.05) is 30.3 Å². The number of nitrogens with two attached hydrogens (primary N) is 1. The van der Waals surface area contributed by atoms with Gasteiger partial charge in [-0.15, -0.1) is 0 Å². The number of hydrogen-bond donors (Lipinski definition) is 2. The van der Waals surface area contributed by atoms with Gasteiger partial charge in [0.1, 0.15) is 0 Å². The standard InChI is InChI=1S/C15H22N2O/c16-14(17)11-15(8-9-15)12-18-10-4-7-13-5-2-1-3-6-13/h1-3,5-6H,4,7-12H2,(H3,16,17). The quantitative estimate of drug-likeness (QED) is 0.421. The summed E-state index contributed by atoms with van der Waals surface area (Å²) in [5, 5.41) is 7.34. The van der Waals surface area contributed by atoms with Gasteiger partial charge in [0, 0.05) is 18.4 Å². The molecule has 18 heavy (non-hydrogen) atoms. The lowest BCUT2D eigenvalue weighted by Crippen LogP contribution is -2.20. The Morgan fingerprint density at radius 1 is 1.28 bits per heavy atom. The van der Waals surface area contributed by atoms with Crippen LogP contribution in [0.3, 0.4) is 0 Å². The van der Waals surface area contributed by atoms with Crippen molar-refractivity contribution >= 4 is 5.84 Å². The SMILES string of the molecule is N=C(N)CC1(COCCCc2ccccc2)CC1. The number of benzene rings is 1. The predicted molar refractivity (Wildman–Crippen MR) is 73.8 cm³/mol. The Bertz CT molecular complexity index is 385. The monoisotopic (exact) mass is 246 g/mol. The van der Waals surface area contributed by atoms with Crippen LogP contribution in [-0.4, -0.2) is 19.0 Å². The van der Waals surface area contributed by atoms with E-state index in [-0.39, 0.29) is 5.41 Å². The fourth-order valence-corrected chi connectivity index (χ4v) is 2.26. The lowest BCUT2D eigenvalue weighted by Gasteiger charge is -2.14. The maximum absolute atomic E-state index is 7.34. The maximum atomic E-state index is 7.34. The molecule has 0 saturated heterocycles. The molecule has 98 valence electrons. The first-order chi connectivity index (χ1) is 8.70. The van der Waals surface area contributed by atoms with Crippen molar-refractivity contribution in [3.63, 3.8) is 0 Å². The molecule has 0 spiro atoms. The molecule has 1 aliphatic carbocycles. The highest BCUT2D eigenvalue weighted by Crippen LogP contribution is 2.48. The average Bonchev–Trinajstić information content (AvgIpc) is 3.09. The van der Waals surface area contributed by atoms with Crippen LogP contribution >= 0.6 is 0 Å².